The van der Waals surface area contributed by atoms with E-state index in [4.69, 9.17) is 9.47 Å². The van der Waals surface area contributed by atoms with E-state index in [2.05, 4.69) is 10.6 Å². The van der Waals surface area contributed by atoms with Crippen molar-refractivity contribution in [3.63, 3.8) is 0 Å². The Morgan fingerprint density at radius 2 is 1.62 bits per heavy atom. The molecule has 1 aliphatic rings. The van der Waals surface area contributed by atoms with Crippen LogP contribution in [0.2, 0.25) is 0 Å². The molecule has 3 amide bonds. The Morgan fingerprint density at radius 3 is 2.22 bits per heavy atom. The average molecular weight is 437 g/mol. The van der Waals surface area contributed by atoms with Gasteiger partial charge in [-0.3, -0.25) is 19.3 Å². The molecule has 0 saturated carbocycles. The predicted molar refractivity (Wildman–Crippen MR) is 122 cm³/mol. The molecular formula is C24H27N3O5. The van der Waals surface area contributed by atoms with Crippen molar-refractivity contribution in [2.24, 2.45) is 0 Å². The molecule has 8 nitrogen and oxygen atoms in total. The molecule has 0 fully saturated rings. The van der Waals surface area contributed by atoms with Crippen LogP contribution in [0.5, 0.6) is 5.75 Å². The van der Waals surface area contributed by atoms with E-state index in [-0.39, 0.29) is 30.0 Å². The van der Waals surface area contributed by atoms with Gasteiger partial charge in [-0.15, -0.1) is 0 Å². The minimum Gasteiger partial charge on any atom is -0.497 e. The van der Waals surface area contributed by atoms with E-state index in [1.807, 2.05) is 6.92 Å². The molecule has 1 aliphatic heterocycles. The van der Waals surface area contributed by atoms with Crippen molar-refractivity contribution in [1.82, 2.24) is 4.90 Å². The number of nitrogens with zero attached hydrogens (tertiary/aromatic N) is 1. The summed E-state index contributed by atoms with van der Waals surface area (Å²) in [5.41, 5.74) is 2.40. The first-order chi connectivity index (χ1) is 15.4. The summed E-state index contributed by atoms with van der Waals surface area (Å²) in [6, 6.07) is 13.9. The number of rotatable bonds is 10. The van der Waals surface area contributed by atoms with Gasteiger partial charge < -0.3 is 20.1 Å². The summed E-state index contributed by atoms with van der Waals surface area (Å²) in [6.07, 6.45) is 0.555. The molecule has 0 spiro atoms. The van der Waals surface area contributed by atoms with E-state index in [1.54, 1.807) is 55.6 Å². The lowest BCUT2D eigenvalue weighted by atomic mass is 10.0. The van der Waals surface area contributed by atoms with Crippen LogP contribution in [0.25, 0.3) is 5.57 Å². The van der Waals surface area contributed by atoms with Crippen LogP contribution in [0.15, 0.2) is 54.2 Å². The van der Waals surface area contributed by atoms with Crippen LogP contribution in [0, 0.1) is 0 Å². The monoisotopic (exact) mass is 437 g/mol. The zero-order chi connectivity index (χ0) is 23.1. The van der Waals surface area contributed by atoms with Gasteiger partial charge in [0.2, 0.25) is 5.91 Å². The van der Waals surface area contributed by atoms with E-state index in [0.29, 0.717) is 47.9 Å². The van der Waals surface area contributed by atoms with Gasteiger partial charge in [0.25, 0.3) is 11.8 Å². The lowest BCUT2D eigenvalue weighted by Crippen LogP contribution is -2.34. The summed E-state index contributed by atoms with van der Waals surface area (Å²) >= 11 is 0. The Morgan fingerprint density at radius 1 is 0.969 bits per heavy atom. The second kappa shape index (κ2) is 10.6. The van der Waals surface area contributed by atoms with Crippen molar-refractivity contribution >= 4 is 34.7 Å². The van der Waals surface area contributed by atoms with Gasteiger partial charge in [-0.05, 0) is 55.3 Å². The first kappa shape index (κ1) is 23.0. The van der Waals surface area contributed by atoms with Crippen molar-refractivity contribution < 1.29 is 23.9 Å². The van der Waals surface area contributed by atoms with Crippen LogP contribution in [0.3, 0.4) is 0 Å². The Labute approximate surface area is 187 Å². The largest absolute Gasteiger partial charge is 0.497 e. The third-order valence-corrected chi connectivity index (χ3v) is 4.90. The molecule has 32 heavy (non-hydrogen) atoms. The molecule has 8 heteroatoms. The van der Waals surface area contributed by atoms with Gasteiger partial charge in [-0.1, -0.05) is 12.1 Å². The van der Waals surface area contributed by atoms with Crippen molar-refractivity contribution in [3.05, 3.63) is 59.8 Å². The number of carbonyl (C=O) groups is 3. The van der Waals surface area contributed by atoms with Crippen molar-refractivity contribution in [1.29, 1.82) is 0 Å². The zero-order valence-corrected chi connectivity index (χ0v) is 18.4. The molecule has 0 saturated heterocycles. The summed E-state index contributed by atoms with van der Waals surface area (Å²) in [7, 11) is 1.57. The fourth-order valence-corrected chi connectivity index (χ4v) is 3.37. The highest BCUT2D eigenvalue weighted by molar-refractivity contribution is 6.36. The maximum Gasteiger partial charge on any atom is 0.278 e. The number of anilines is 2. The van der Waals surface area contributed by atoms with Crippen molar-refractivity contribution in [3.8, 4) is 5.75 Å². The Balaban J connectivity index is 1.90. The molecule has 0 radical (unpaired) electrons. The Bertz CT molecular complexity index is 1010. The Hall–Kier alpha value is -3.65. The van der Waals surface area contributed by atoms with E-state index in [0.717, 1.165) is 0 Å². The highest BCUT2D eigenvalue weighted by Crippen LogP contribution is 2.31. The molecule has 0 aromatic heterocycles. The SMILES string of the molecule is CCOCCCN1C(=O)C(Nc2ccc(NC(C)=O)cc2)=C(c2ccc(OC)cc2)C1=O. The third-order valence-electron chi connectivity index (χ3n) is 4.90. The molecule has 168 valence electrons. The number of amides is 3. The van der Waals surface area contributed by atoms with E-state index >= 15 is 0 Å². The van der Waals surface area contributed by atoms with Crippen molar-refractivity contribution in [2.45, 2.75) is 20.3 Å². The highest BCUT2D eigenvalue weighted by atomic mass is 16.5. The lowest BCUT2D eigenvalue weighted by molar-refractivity contribution is -0.137. The van der Waals surface area contributed by atoms with Gasteiger partial charge >= 0.3 is 0 Å². The number of hydrogen-bond donors (Lipinski definition) is 2. The normalized spacial score (nSPS) is 13.5. The van der Waals surface area contributed by atoms with Gasteiger partial charge in [0.15, 0.2) is 0 Å². The van der Waals surface area contributed by atoms with Crippen LogP contribution in [-0.4, -0.2) is 49.5 Å². The average Bonchev–Trinajstić information content (AvgIpc) is 3.01. The smallest absolute Gasteiger partial charge is 0.278 e. The number of carbonyl (C=O) groups excluding carboxylic acids is 3. The van der Waals surface area contributed by atoms with Gasteiger partial charge in [-0.2, -0.15) is 0 Å². The molecule has 2 N–H and O–H groups in total. The highest BCUT2D eigenvalue weighted by Gasteiger charge is 2.38. The van der Waals surface area contributed by atoms with Crippen LogP contribution < -0.4 is 15.4 Å². The second-order valence-electron chi connectivity index (χ2n) is 7.17. The topological polar surface area (TPSA) is 97.0 Å². The first-order valence-electron chi connectivity index (χ1n) is 10.4. The van der Waals surface area contributed by atoms with Crippen LogP contribution in [-0.2, 0) is 19.1 Å². The fraction of sp³-hybridized carbons (Fsp3) is 0.292. The number of benzene rings is 2. The number of nitrogens with one attached hydrogen (secondary N) is 2. The number of imide groups is 1. The van der Waals surface area contributed by atoms with Gasteiger partial charge in [0.05, 0.1) is 12.7 Å². The number of hydrogen-bond acceptors (Lipinski definition) is 6. The van der Waals surface area contributed by atoms with Crippen LogP contribution >= 0.6 is 0 Å². The van der Waals surface area contributed by atoms with Gasteiger partial charge in [0.1, 0.15) is 11.4 Å². The van der Waals surface area contributed by atoms with Crippen LogP contribution in [0.4, 0.5) is 11.4 Å². The standard InChI is InChI=1S/C24H27N3O5/c1-4-32-15-5-14-27-23(29)21(17-6-12-20(31-3)13-7-17)22(24(27)30)26-19-10-8-18(9-11-19)25-16(2)28/h6-13,26H,4-5,14-15H2,1-3H3,(H,25,28). The minimum atomic E-state index is -0.386. The number of ether oxygens (including phenoxy) is 2. The first-order valence-corrected chi connectivity index (χ1v) is 10.4. The molecule has 3 rings (SSSR count). The lowest BCUT2D eigenvalue weighted by Gasteiger charge is -2.15. The van der Waals surface area contributed by atoms with Crippen molar-refractivity contribution in [2.75, 3.05) is 37.5 Å². The van der Waals surface area contributed by atoms with E-state index in [9.17, 15) is 14.4 Å². The summed E-state index contributed by atoms with van der Waals surface area (Å²) in [4.78, 5) is 38.8. The summed E-state index contributed by atoms with van der Waals surface area (Å²) in [6.45, 7) is 4.65. The quantitative estimate of drug-likeness (QED) is 0.437. The maximum absolute atomic E-state index is 13.2. The van der Waals surface area contributed by atoms with Crippen LogP contribution in [0.1, 0.15) is 25.8 Å². The zero-order valence-electron chi connectivity index (χ0n) is 18.4. The minimum absolute atomic E-state index is 0.172. The molecule has 1 heterocycles. The number of methoxy groups -OCH3 is 1. The molecule has 0 bridgehead atoms. The Kier molecular flexibility index (Phi) is 7.62. The molecular weight excluding hydrogens is 410 g/mol. The summed E-state index contributed by atoms with van der Waals surface area (Å²) in [5.74, 6) is -0.255. The molecule has 0 atom stereocenters. The van der Waals surface area contributed by atoms with Gasteiger partial charge in [0, 0.05) is 38.1 Å². The van der Waals surface area contributed by atoms with E-state index < -0.39 is 0 Å². The predicted octanol–water partition coefficient (Wildman–Crippen LogP) is 3.27. The summed E-state index contributed by atoms with van der Waals surface area (Å²) in [5, 5.41) is 5.80. The fourth-order valence-electron chi connectivity index (χ4n) is 3.37. The molecule has 2 aromatic rings. The summed E-state index contributed by atoms with van der Waals surface area (Å²) < 4.78 is 10.5. The van der Waals surface area contributed by atoms with Gasteiger partial charge in [-0.25, -0.2) is 0 Å². The second-order valence-corrected chi connectivity index (χ2v) is 7.17. The maximum atomic E-state index is 13.2. The third kappa shape index (κ3) is 5.33. The molecule has 2 aromatic carbocycles. The van der Waals surface area contributed by atoms with E-state index in [1.165, 1.54) is 11.8 Å². The molecule has 0 unspecified atom stereocenters. The molecule has 0 aliphatic carbocycles.